The number of halogens is 2. The van der Waals surface area contributed by atoms with Crippen molar-refractivity contribution < 1.29 is 13.3 Å². The average Bonchev–Trinajstić information content (AvgIpc) is 3.41. The molecule has 0 atom stereocenters. The van der Waals surface area contributed by atoms with Gasteiger partial charge < -0.3 is 4.52 Å². The zero-order valence-electron chi connectivity index (χ0n) is 17.9. The van der Waals surface area contributed by atoms with Gasteiger partial charge in [-0.05, 0) is 50.3 Å². The Labute approximate surface area is 178 Å². The maximum atomic E-state index is 13.6. The number of benzene rings is 1. The molecule has 6 nitrogen and oxygen atoms in total. The van der Waals surface area contributed by atoms with Gasteiger partial charge in [0, 0.05) is 49.1 Å². The molecule has 162 valence electrons. The van der Waals surface area contributed by atoms with Gasteiger partial charge in [-0.1, -0.05) is 11.2 Å². The Balaban J connectivity index is 1.59. The Bertz CT molecular complexity index is 1220. The third-order valence-electron chi connectivity index (χ3n) is 6.32. The maximum Gasteiger partial charge on any atom is 0.248 e. The van der Waals surface area contributed by atoms with E-state index < -0.39 is 5.92 Å². The fourth-order valence-corrected chi connectivity index (χ4v) is 4.65. The molecule has 0 radical (unpaired) electrons. The number of hydrogen-bond acceptors (Lipinski definition) is 4. The van der Waals surface area contributed by atoms with Crippen LogP contribution in [0.25, 0.3) is 33.3 Å². The van der Waals surface area contributed by atoms with Gasteiger partial charge in [0.05, 0.1) is 17.4 Å². The number of fused-ring (bicyclic) bond motifs is 1. The van der Waals surface area contributed by atoms with Gasteiger partial charge in [0.2, 0.25) is 5.92 Å². The first kappa shape index (κ1) is 19.9. The van der Waals surface area contributed by atoms with E-state index in [0.29, 0.717) is 19.4 Å². The van der Waals surface area contributed by atoms with E-state index in [1.807, 2.05) is 31.8 Å². The van der Waals surface area contributed by atoms with E-state index in [-0.39, 0.29) is 18.8 Å². The van der Waals surface area contributed by atoms with E-state index in [1.165, 1.54) is 0 Å². The highest BCUT2D eigenvalue weighted by Gasteiger charge is 2.35. The van der Waals surface area contributed by atoms with Gasteiger partial charge >= 0.3 is 0 Å². The molecule has 3 aromatic heterocycles. The Hall–Kier alpha value is -3.03. The van der Waals surface area contributed by atoms with Crippen molar-refractivity contribution in [1.82, 2.24) is 24.7 Å². The summed E-state index contributed by atoms with van der Waals surface area (Å²) < 4.78 is 36.4. The normalized spacial score (nSPS) is 16.9. The summed E-state index contributed by atoms with van der Waals surface area (Å²) >= 11 is 0. The van der Waals surface area contributed by atoms with E-state index in [4.69, 9.17) is 9.62 Å². The molecule has 8 heteroatoms. The molecule has 31 heavy (non-hydrogen) atoms. The molecule has 0 N–H and O–H groups in total. The van der Waals surface area contributed by atoms with Crippen LogP contribution in [0.4, 0.5) is 8.78 Å². The minimum atomic E-state index is -2.53. The Morgan fingerprint density at radius 2 is 1.94 bits per heavy atom. The van der Waals surface area contributed by atoms with Crippen LogP contribution >= 0.6 is 0 Å². The number of rotatable bonds is 4. The van der Waals surface area contributed by atoms with E-state index in [1.54, 1.807) is 10.9 Å². The second-order valence-corrected chi connectivity index (χ2v) is 8.66. The van der Waals surface area contributed by atoms with Crippen molar-refractivity contribution in [2.45, 2.75) is 52.0 Å². The summed E-state index contributed by atoms with van der Waals surface area (Å²) in [6.45, 7) is 4.45. The van der Waals surface area contributed by atoms with Crippen molar-refractivity contribution in [1.29, 1.82) is 0 Å². The quantitative estimate of drug-likeness (QED) is 0.431. The second-order valence-electron chi connectivity index (χ2n) is 8.66. The molecule has 0 amide bonds. The maximum absolute atomic E-state index is 13.6. The van der Waals surface area contributed by atoms with Crippen molar-refractivity contribution in [3.05, 3.63) is 42.0 Å². The van der Waals surface area contributed by atoms with Crippen LogP contribution in [-0.4, -0.2) is 30.6 Å². The molecular formula is C23H25F2N5O. The lowest BCUT2D eigenvalue weighted by Crippen LogP contribution is -2.27. The molecule has 1 saturated carbocycles. The first-order valence-corrected chi connectivity index (χ1v) is 10.6. The van der Waals surface area contributed by atoms with Crippen molar-refractivity contribution >= 4 is 10.9 Å². The largest absolute Gasteiger partial charge is 0.361 e. The van der Waals surface area contributed by atoms with E-state index in [9.17, 15) is 8.78 Å². The smallest absolute Gasteiger partial charge is 0.248 e. The second kappa shape index (κ2) is 7.28. The fourth-order valence-electron chi connectivity index (χ4n) is 4.65. The summed E-state index contributed by atoms with van der Waals surface area (Å²) in [6.07, 6.45) is 4.68. The molecule has 0 spiro atoms. The summed E-state index contributed by atoms with van der Waals surface area (Å²) in [6, 6.07) is 6.23. The molecule has 4 aromatic rings. The minimum absolute atomic E-state index is 0.0450. The van der Waals surface area contributed by atoms with Crippen LogP contribution in [-0.2, 0) is 13.6 Å². The monoisotopic (exact) mass is 425 g/mol. The minimum Gasteiger partial charge on any atom is -0.361 e. The van der Waals surface area contributed by atoms with Crippen LogP contribution in [0.15, 0.2) is 35.1 Å². The van der Waals surface area contributed by atoms with Gasteiger partial charge in [-0.3, -0.25) is 9.36 Å². The average molecular weight is 425 g/mol. The predicted octanol–water partition coefficient (Wildman–Crippen LogP) is 5.53. The van der Waals surface area contributed by atoms with E-state index >= 15 is 0 Å². The summed E-state index contributed by atoms with van der Waals surface area (Å²) in [4.78, 5) is 0. The molecule has 0 aliphatic heterocycles. The number of aryl methyl sites for hydroxylation is 3. The van der Waals surface area contributed by atoms with Gasteiger partial charge in [-0.15, -0.1) is 0 Å². The van der Waals surface area contributed by atoms with Crippen molar-refractivity contribution in [3.63, 3.8) is 0 Å². The van der Waals surface area contributed by atoms with E-state index in [0.717, 1.165) is 44.7 Å². The lowest BCUT2D eigenvalue weighted by Gasteiger charge is -2.28. The summed E-state index contributed by atoms with van der Waals surface area (Å²) in [5.41, 5.74) is 5.60. The van der Waals surface area contributed by atoms with Crippen LogP contribution in [0.1, 0.15) is 37.1 Å². The standard InChI is InChI=1S/C23H25F2N5O/c1-14-21(15(2)31-28-14)17-4-5-19-20(10-17)30(12-16-6-8-23(24,25)9-7-16)27-22(19)18-11-26-29(3)13-18/h4-5,10-11,13,16H,6-9,12H2,1-3H3. The molecular weight excluding hydrogens is 400 g/mol. The molecule has 1 aliphatic rings. The van der Waals surface area contributed by atoms with Gasteiger partial charge in [-0.25, -0.2) is 8.78 Å². The van der Waals surface area contributed by atoms with Crippen molar-refractivity contribution in [2.75, 3.05) is 0 Å². The van der Waals surface area contributed by atoms with Gasteiger partial charge in [-0.2, -0.15) is 10.2 Å². The van der Waals surface area contributed by atoms with Gasteiger partial charge in [0.1, 0.15) is 11.5 Å². The van der Waals surface area contributed by atoms with Crippen LogP contribution in [0.5, 0.6) is 0 Å². The number of hydrogen-bond donors (Lipinski definition) is 0. The van der Waals surface area contributed by atoms with Crippen LogP contribution in [0, 0.1) is 19.8 Å². The number of aromatic nitrogens is 5. The van der Waals surface area contributed by atoms with Gasteiger partial charge in [0.15, 0.2) is 0 Å². The molecule has 0 unspecified atom stereocenters. The zero-order valence-corrected chi connectivity index (χ0v) is 17.9. The molecule has 1 aromatic carbocycles. The van der Waals surface area contributed by atoms with Gasteiger partial charge in [0.25, 0.3) is 0 Å². The predicted molar refractivity (Wildman–Crippen MR) is 114 cm³/mol. The highest BCUT2D eigenvalue weighted by Crippen LogP contribution is 2.38. The third kappa shape index (κ3) is 3.64. The molecule has 0 saturated heterocycles. The molecule has 0 bridgehead atoms. The lowest BCUT2D eigenvalue weighted by atomic mass is 9.87. The summed E-state index contributed by atoms with van der Waals surface area (Å²) in [5, 5.41) is 14.3. The Kier molecular flexibility index (Phi) is 4.68. The highest BCUT2D eigenvalue weighted by atomic mass is 19.3. The number of nitrogens with zero attached hydrogens (tertiary/aromatic N) is 5. The summed E-state index contributed by atoms with van der Waals surface area (Å²) in [7, 11) is 1.88. The van der Waals surface area contributed by atoms with E-state index in [2.05, 4.69) is 28.5 Å². The number of alkyl halides is 2. The lowest BCUT2D eigenvalue weighted by molar-refractivity contribution is -0.0475. The molecule has 1 fully saturated rings. The SMILES string of the molecule is Cc1noc(C)c1-c1ccc2c(-c3cnn(C)c3)nn(CC3CCC(F)(F)CC3)c2c1. The summed E-state index contributed by atoms with van der Waals surface area (Å²) in [5.74, 6) is -1.57. The topological polar surface area (TPSA) is 61.7 Å². The molecule has 5 rings (SSSR count). The van der Waals surface area contributed by atoms with Crippen LogP contribution in [0.3, 0.4) is 0 Å². The zero-order chi connectivity index (χ0) is 21.8. The third-order valence-corrected chi connectivity index (χ3v) is 6.32. The van der Waals surface area contributed by atoms with Crippen molar-refractivity contribution in [2.24, 2.45) is 13.0 Å². The molecule has 1 aliphatic carbocycles. The fraction of sp³-hybridized carbons (Fsp3) is 0.435. The Morgan fingerprint density at radius 1 is 1.16 bits per heavy atom. The first-order valence-electron chi connectivity index (χ1n) is 10.6. The van der Waals surface area contributed by atoms with Crippen LogP contribution < -0.4 is 0 Å². The first-order chi connectivity index (χ1) is 14.8. The Morgan fingerprint density at radius 3 is 2.58 bits per heavy atom. The van der Waals surface area contributed by atoms with Crippen molar-refractivity contribution in [3.8, 4) is 22.4 Å². The molecule has 3 heterocycles. The van der Waals surface area contributed by atoms with Crippen LogP contribution in [0.2, 0.25) is 0 Å². The highest BCUT2D eigenvalue weighted by molar-refractivity contribution is 5.95.